The number of nitrogens with one attached hydrogen (secondary N) is 1. The predicted octanol–water partition coefficient (Wildman–Crippen LogP) is 3.74. The number of carbonyl (C=O) groups is 2. The maximum absolute atomic E-state index is 13.2. The summed E-state index contributed by atoms with van der Waals surface area (Å²) in [6, 6.07) is 10.3. The average molecular weight is 430 g/mol. The summed E-state index contributed by atoms with van der Waals surface area (Å²) in [6.07, 6.45) is 3.51. The summed E-state index contributed by atoms with van der Waals surface area (Å²) in [4.78, 5) is 29.4. The van der Waals surface area contributed by atoms with E-state index in [0.29, 0.717) is 36.9 Å². The van der Waals surface area contributed by atoms with Crippen LogP contribution in [0.2, 0.25) is 0 Å². The van der Waals surface area contributed by atoms with Gasteiger partial charge in [0.15, 0.2) is 0 Å². The van der Waals surface area contributed by atoms with Gasteiger partial charge in [-0.1, -0.05) is 12.1 Å². The largest absolute Gasteiger partial charge is 0.495 e. The molecule has 0 saturated carbocycles. The van der Waals surface area contributed by atoms with Gasteiger partial charge in [0.25, 0.3) is 0 Å². The summed E-state index contributed by atoms with van der Waals surface area (Å²) in [6.45, 7) is 5.24. The number of methoxy groups -OCH3 is 1. The van der Waals surface area contributed by atoms with E-state index in [4.69, 9.17) is 13.9 Å². The molecule has 0 radical (unpaired) electrons. The van der Waals surface area contributed by atoms with Crippen LogP contribution < -0.4 is 10.1 Å². The van der Waals surface area contributed by atoms with E-state index in [1.807, 2.05) is 32.0 Å². The molecule has 1 saturated heterocycles. The molecule has 0 spiro atoms. The molecular formula is C23H31N3O5. The van der Waals surface area contributed by atoms with Gasteiger partial charge in [0.2, 0.25) is 5.91 Å². The summed E-state index contributed by atoms with van der Waals surface area (Å²) >= 11 is 0. The normalized spacial score (nSPS) is 15.7. The van der Waals surface area contributed by atoms with E-state index >= 15 is 0 Å². The Morgan fingerprint density at radius 2 is 2.03 bits per heavy atom. The standard InChI is InChI=1S/C23H31N3O5/c1-17(2)26(23(28)24-20-10-4-5-11-21(20)29-3)16-22(27)25(14-18-8-6-12-30-18)15-19-9-7-13-31-19/h4-6,8,10-12,17,19H,7,9,13-16H2,1-3H3,(H,24,28)/t19-/m1/s1. The number of para-hydroxylation sites is 2. The van der Waals surface area contributed by atoms with E-state index in [1.165, 1.54) is 4.90 Å². The van der Waals surface area contributed by atoms with Crippen LogP contribution in [0.5, 0.6) is 5.75 Å². The van der Waals surface area contributed by atoms with Crippen LogP contribution in [0.1, 0.15) is 32.4 Å². The topological polar surface area (TPSA) is 84.3 Å². The summed E-state index contributed by atoms with van der Waals surface area (Å²) in [5.41, 5.74) is 0.555. The number of carbonyl (C=O) groups excluding carboxylic acids is 2. The van der Waals surface area contributed by atoms with Crippen molar-refractivity contribution in [2.75, 3.05) is 32.1 Å². The lowest BCUT2D eigenvalue weighted by Gasteiger charge is -2.31. The summed E-state index contributed by atoms with van der Waals surface area (Å²) in [5.74, 6) is 1.10. The van der Waals surface area contributed by atoms with Crippen LogP contribution in [0.25, 0.3) is 0 Å². The number of urea groups is 1. The van der Waals surface area contributed by atoms with E-state index in [1.54, 1.807) is 36.5 Å². The van der Waals surface area contributed by atoms with Crippen molar-refractivity contribution in [3.05, 3.63) is 48.4 Å². The molecule has 1 aromatic heterocycles. The lowest BCUT2D eigenvalue weighted by Crippen LogP contribution is -2.48. The van der Waals surface area contributed by atoms with Gasteiger partial charge in [-0.25, -0.2) is 4.79 Å². The average Bonchev–Trinajstić information content (AvgIpc) is 3.45. The van der Waals surface area contributed by atoms with E-state index in [9.17, 15) is 9.59 Å². The van der Waals surface area contributed by atoms with Crippen LogP contribution in [-0.4, -0.2) is 60.7 Å². The fraction of sp³-hybridized carbons (Fsp3) is 0.478. The van der Waals surface area contributed by atoms with Crippen LogP contribution in [0, 0.1) is 0 Å². The van der Waals surface area contributed by atoms with Crippen LogP contribution in [0.15, 0.2) is 47.1 Å². The molecule has 1 N–H and O–H groups in total. The molecule has 0 aliphatic carbocycles. The first-order valence-corrected chi connectivity index (χ1v) is 10.6. The summed E-state index contributed by atoms with van der Waals surface area (Å²) in [5, 5.41) is 2.85. The first kappa shape index (κ1) is 22.7. The molecule has 2 heterocycles. The zero-order valence-electron chi connectivity index (χ0n) is 18.4. The Labute approximate surface area is 183 Å². The van der Waals surface area contributed by atoms with Gasteiger partial charge in [0, 0.05) is 19.2 Å². The fourth-order valence-electron chi connectivity index (χ4n) is 3.55. The number of hydrogen-bond donors (Lipinski definition) is 1. The Kier molecular flexibility index (Phi) is 7.94. The number of anilines is 1. The quantitative estimate of drug-likeness (QED) is 0.656. The molecule has 0 unspecified atom stereocenters. The molecule has 1 aliphatic rings. The maximum Gasteiger partial charge on any atom is 0.322 e. The lowest BCUT2D eigenvalue weighted by molar-refractivity contribution is -0.134. The van der Waals surface area contributed by atoms with Crippen molar-refractivity contribution < 1.29 is 23.5 Å². The number of amides is 3. The highest BCUT2D eigenvalue weighted by Crippen LogP contribution is 2.24. The molecule has 1 aromatic carbocycles. The molecule has 2 aromatic rings. The van der Waals surface area contributed by atoms with Crippen LogP contribution in [-0.2, 0) is 16.1 Å². The highest BCUT2D eigenvalue weighted by Gasteiger charge is 2.27. The molecule has 1 aliphatic heterocycles. The van der Waals surface area contributed by atoms with Crippen LogP contribution >= 0.6 is 0 Å². The van der Waals surface area contributed by atoms with Gasteiger partial charge in [-0.15, -0.1) is 0 Å². The van der Waals surface area contributed by atoms with Gasteiger partial charge in [-0.05, 0) is 51.0 Å². The Bertz CT molecular complexity index is 847. The minimum Gasteiger partial charge on any atom is -0.495 e. The fourth-order valence-corrected chi connectivity index (χ4v) is 3.55. The molecule has 1 fully saturated rings. The molecule has 31 heavy (non-hydrogen) atoms. The van der Waals surface area contributed by atoms with E-state index in [0.717, 1.165) is 12.8 Å². The van der Waals surface area contributed by atoms with Crippen molar-refractivity contribution in [3.63, 3.8) is 0 Å². The Hall–Kier alpha value is -3.00. The molecule has 1 atom stereocenters. The molecule has 0 bridgehead atoms. The molecule has 3 rings (SSSR count). The van der Waals surface area contributed by atoms with Gasteiger partial charge in [0.05, 0.1) is 31.7 Å². The van der Waals surface area contributed by atoms with Gasteiger partial charge in [-0.3, -0.25) is 4.79 Å². The molecule has 8 nitrogen and oxygen atoms in total. The van der Waals surface area contributed by atoms with E-state index in [-0.39, 0.29) is 30.6 Å². The zero-order valence-corrected chi connectivity index (χ0v) is 18.4. The second-order valence-electron chi connectivity index (χ2n) is 7.84. The van der Waals surface area contributed by atoms with Gasteiger partial charge in [-0.2, -0.15) is 0 Å². The highest BCUT2D eigenvalue weighted by molar-refractivity contribution is 5.93. The number of nitrogens with zero attached hydrogens (tertiary/aromatic N) is 2. The number of rotatable bonds is 9. The smallest absolute Gasteiger partial charge is 0.322 e. The van der Waals surface area contributed by atoms with Gasteiger partial charge < -0.3 is 29.0 Å². The summed E-state index contributed by atoms with van der Waals surface area (Å²) in [7, 11) is 1.55. The minimum atomic E-state index is -0.358. The van der Waals surface area contributed by atoms with Crippen molar-refractivity contribution in [2.45, 2.75) is 45.4 Å². The Balaban J connectivity index is 1.70. The predicted molar refractivity (Wildman–Crippen MR) is 117 cm³/mol. The number of benzene rings is 1. The van der Waals surface area contributed by atoms with Crippen LogP contribution in [0.3, 0.4) is 0 Å². The second-order valence-corrected chi connectivity index (χ2v) is 7.84. The van der Waals surface area contributed by atoms with Gasteiger partial charge in [0.1, 0.15) is 18.1 Å². The maximum atomic E-state index is 13.2. The van der Waals surface area contributed by atoms with Crippen molar-refractivity contribution in [1.29, 1.82) is 0 Å². The SMILES string of the molecule is COc1ccccc1NC(=O)N(CC(=O)N(Cc1ccco1)C[C@H]1CCCO1)C(C)C. The highest BCUT2D eigenvalue weighted by atomic mass is 16.5. The first-order valence-electron chi connectivity index (χ1n) is 10.6. The zero-order chi connectivity index (χ0) is 22.2. The third-order valence-electron chi connectivity index (χ3n) is 5.27. The molecular weight excluding hydrogens is 398 g/mol. The van der Waals surface area contributed by atoms with Crippen molar-refractivity contribution in [3.8, 4) is 5.75 Å². The van der Waals surface area contributed by atoms with Crippen LogP contribution in [0.4, 0.5) is 10.5 Å². The Morgan fingerprint density at radius 1 is 1.23 bits per heavy atom. The minimum absolute atomic E-state index is 0.00817. The number of hydrogen-bond acceptors (Lipinski definition) is 5. The molecule has 168 valence electrons. The third-order valence-corrected chi connectivity index (χ3v) is 5.27. The Morgan fingerprint density at radius 3 is 2.68 bits per heavy atom. The summed E-state index contributed by atoms with van der Waals surface area (Å²) < 4.78 is 16.5. The van der Waals surface area contributed by atoms with Crippen molar-refractivity contribution >= 4 is 17.6 Å². The monoisotopic (exact) mass is 429 g/mol. The number of furan rings is 1. The second kappa shape index (κ2) is 10.9. The number of ether oxygens (including phenoxy) is 2. The molecule has 3 amide bonds. The van der Waals surface area contributed by atoms with Crippen molar-refractivity contribution in [2.24, 2.45) is 0 Å². The molecule has 8 heteroatoms. The van der Waals surface area contributed by atoms with Gasteiger partial charge >= 0.3 is 6.03 Å². The lowest BCUT2D eigenvalue weighted by atomic mass is 10.2. The van der Waals surface area contributed by atoms with E-state index < -0.39 is 0 Å². The third kappa shape index (κ3) is 6.24. The van der Waals surface area contributed by atoms with E-state index in [2.05, 4.69) is 5.32 Å². The van der Waals surface area contributed by atoms with Crippen molar-refractivity contribution in [1.82, 2.24) is 9.80 Å². The first-order chi connectivity index (χ1) is 15.0.